The molecule has 1 aromatic carbocycles. The van der Waals surface area contributed by atoms with Crippen LogP contribution in [-0.4, -0.2) is 21.3 Å². The molecule has 0 radical (unpaired) electrons. The van der Waals surface area contributed by atoms with Gasteiger partial charge >= 0.3 is 0 Å². The molecular weight excluding hydrogens is 166 g/mol. The molecule has 0 aliphatic carbocycles. The number of carbonyl (C=O) groups excluding carboxylic acids is 1. The van der Waals surface area contributed by atoms with E-state index in [1.165, 1.54) is 4.80 Å². The van der Waals surface area contributed by atoms with Gasteiger partial charge in [0.05, 0.1) is 18.1 Å². The fourth-order valence-electron chi connectivity index (χ4n) is 1.11. The summed E-state index contributed by atoms with van der Waals surface area (Å²) >= 11 is 0. The second kappa shape index (κ2) is 3.18. The summed E-state index contributed by atoms with van der Waals surface area (Å²) in [7, 11) is 0. The van der Waals surface area contributed by atoms with Crippen molar-refractivity contribution in [1.82, 2.24) is 15.0 Å². The third-order valence-electron chi connectivity index (χ3n) is 1.70. The number of rotatable bonds is 2. The molecule has 0 bridgehead atoms. The van der Waals surface area contributed by atoms with Gasteiger partial charge in [0.2, 0.25) is 0 Å². The Bertz CT molecular complexity index is 409. The van der Waals surface area contributed by atoms with Gasteiger partial charge in [-0.25, -0.2) is 0 Å². The molecule has 2 aromatic rings. The minimum absolute atomic E-state index is 0.582. The van der Waals surface area contributed by atoms with Gasteiger partial charge in [-0.3, -0.25) is 4.79 Å². The Morgan fingerprint density at radius 2 is 1.85 bits per heavy atom. The van der Waals surface area contributed by atoms with Crippen LogP contribution in [0.2, 0.25) is 0 Å². The largest absolute Gasteiger partial charge is 0.298 e. The maximum atomic E-state index is 10.7. The second-order valence-electron chi connectivity index (χ2n) is 2.50. The van der Waals surface area contributed by atoms with Crippen LogP contribution in [0.1, 0.15) is 10.4 Å². The Kier molecular flexibility index (Phi) is 1.88. The number of nitrogens with zero attached hydrogens (tertiary/aromatic N) is 3. The maximum Gasteiger partial charge on any atom is 0.152 e. The monoisotopic (exact) mass is 173 g/mol. The fourth-order valence-corrected chi connectivity index (χ4v) is 1.11. The number of para-hydroxylation sites is 1. The van der Waals surface area contributed by atoms with Crippen LogP contribution in [0.4, 0.5) is 0 Å². The van der Waals surface area contributed by atoms with E-state index in [0.717, 1.165) is 6.29 Å². The zero-order valence-corrected chi connectivity index (χ0v) is 6.79. The Balaban J connectivity index is 2.57. The minimum Gasteiger partial charge on any atom is -0.298 e. The van der Waals surface area contributed by atoms with Crippen LogP contribution >= 0.6 is 0 Å². The van der Waals surface area contributed by atoms with E-state index in [-0.39, 0.29) is 0 Å². The molecular formula is C9H7N3O. The van der Waals surface area contributed by atoms with Crippen molar-refractivity contribution in [3.05, 3.63) is 42.2 Å². The van der Waals surface area contributed by atoms with E-state index in [0.29, 0.717) is 11.3 Å². The zero-order valence-electron chi connectivity index (χ0n) is 6.79. The highest BCUT2D eigenvalue weighted by molar-refractivity contribution is 5.80. The van der Waals surface area contributed by atoms with E-state index >= 15 is 0 Å². The predicted molar refractivity (Wildman–Crippen MR) is 46.7 cm³/mol. The van der Waals surface area contributed by atoms with Crippen LogP contribution in [0.25, 0.3) is 5.69 Å². The lowest BCUT2D eigenvalue weighted by Crippen LogP contribution is -2.01. The van der Waals surface area contributed by atoms with E-state index in [9.17, 15) is 4.79 Å². The normalized spacial score (nSPS) is 9.85. The number of carbonyl (C=O) groups is 1. The van der Waals surface area contributed by atoms with Crippen LogP contribution in [0.15, 0.2) is 36.7 Å². The van der Waals surface area contributed by atoms with Crippen molar-refractivity contribution in [3.63, 3.8) is 0 Å². The Labute approximate surface area is 74.8 Å². The summed E-state index contributed by atoms with van der Waals surface area (Å²) in [5, 5.41) is 7.88. The molecule has 1 aromatic heterocycles. The van der Waals surface area contributed by atoms with Crippen molar-refractivity contribution in [2.75, 3.05) is 0 Å². The van der Waals surface area contributed by atoms with Crippen molar-refractivity contribution in [1.29, 1.82) is 0 Å². The number of aldehydes is 1. The second-order valence-corrected chi connectivity index (χ2v) is 2.50. The van der Waals surface area contributed by atoms with Gasteiger partial charge in [0.1, 0.15) is 0 Å². The van der Waals surface area contributed by atoms with E-state index in [2.05, 4.69) is 10.2 Å². The summed E-state index contributed by atoms with van der Waals surface area (Å²) in [6.07, 6.45) is 3.93. The number of benzene rings is 1. The smallest absolute Gasteiger partial charge is 0.152 e. The van der Waals surface area contributed by atoms with Gasteiger partial charge in [0.25, 0.3) is 0 Å². The summed E-state index contributed by atoms with van der Waals surface area (Å²) in [6.45, 7) is 0. The van der Waals surface area contributed by atoms with Crippen molar-refractivity contribution in [2.24, 2.45) is 0 Å². The Hall–Kier alpha value is -1.97. The van der Waals surface area contributed by atoms with Gasteiger partial charge in [0, 0.05) is 5.56 Å². The average molecular weight is 173 g/mol. The first-order valence-corrected chi connectivity index (χ1v) is 3.83. The first kappa shape index (κ1) is 7.67. The van der Waals surface area contributed by atoms with E-state index in [1.807, 2.05) is 6.07 Å². The molecule has 0 aliphatic rings. The molecule has 1 heterocycles. The van der Waals surface area contributed by atoms with Gasteiger partial charge in [-0.05, 0) is 12.1 Å². The number of hydrogen-bond donors (Lipinski definition) is 0. The lowest BCUT2D eigenvalue weighted by Gasteiger charge is -2.00. The van der Waals surface area contributed by atoms with Crippen LogP contribution in [-0.2, 0) is 0 Å². The average Bonchev–Trinajstić information content (AvgIpc) is 2.70. The molecule has 0 atom stereocenters. The lowest BCUT2D eigenvalue weighted by atomic mass is 10.2. The molecule has 0 spiro atoms. The van der Waals surface area contributed by atoms with Crippen LogP contribution in [0.3, 0.4) is 0 Å². The number of aromatic nitrogens is 3. The Morgan fingerprint density at radius 3 is 2.54 bits per heavy atom. The summed E-state index contributed by atoms with van der Waals surface area (Å²) in [6, 6.07) is 7.16. The molecule has 0 fully saturated rings. The topological polar surface area (TPSA) is 47.8 Å². The molecule has 4 nitrogen and oxygen atoms in total. The quantitative estimate of drug-likeness (QED) is 0.638. The van der Waals surface area contributed by atoms with Gasteiger partial charge in [-0.15, -0.1) is 0 Å². The SMILES string of the molecule is O=Cc1ccccc1-n1nccn1. The first-order valence-electron chi connectivity index (χ1n) is 3.83. The molecule has 13 heavy (non-hydrogen) atoms. The van der Waals surface area contributed by atoms with Gasteiger partial charge < -0.3 is 0 Å². The molecule has 0 saturated heterocycles. The molecule has 2 rings (SSSR count). The Morgan fingerprint density at radius 1 is 1.15 bits per heavy atom. The van der Waals surface area contributed by atoms with Crippen LogP contribution < -0.4 is 0 Å². The highest BCUT2D eigenvalue weighted by atomic mass is 16.1. The van der Waals surface area contributed by atoms with E-state index < -0.39 is 0 Å². The molecule has 0 N–H and O–H groups in total. The van der Waals surface area contributed by atoms with Crippen molar-refractivity contribution >= 4 is 6.29 Å². The third kappa shape index (κ3) is 1.33. The molecule has 0 unspecified atom stereocenters. The standard InChI is InChI=1S/C9H7N3O/c13-7-8-3-1-2-4-9(8)12-10-5-6-11-12/h1-7H. The maximum absolute atomic E-state index is 10.7. The summed E-state index contributed by atoms with van der Waals surface area (Å²) in [5.74, 6) is 0. The van der Waals surface area contributed by atoms with E-state index in [4.69, 9.17) is 0 Å². The van der Waals surface area contributed by atoms with Crippen LogP contribution in [0.5, 0.6) is 0 Å². The molecule has 4 heteroatoms. The van der Waals surface area contributed by atoms with Gasteiger partial charge in [-0.1, -0.05) is 12.1 Å². The summed E-state index contributed by atoms with van der Waals surface area (Å²) in [4.78, 5) is 12.1. The fraction of sp³-hybridized carbons (Fsp3) is 0. The van der Waals surface area contributed by atoms with Crippen LogP contribution in [0, 0.1) is 0 Å². The first-order chi connectivity index (χ1) is 6.42. The number of hydrogen-bond acceptors (Lipinski definition) is 3. The molecule has 0 saturated carbocycles. The van der Waals surface area contributed by atoms with Crippen molar-refractivity contribution < 1.29 is 4.79 Å². The van der Waals surface area contributed by atoms with Gasteiger partial charge in [0.15, 0.2) is 6.29 Å². The highest BCUT2D eigenvalue weighted by Gasteiger charge is 2.02. The van der Waals surface area contributed by atoms with E-state index in [1.54, 1.807) is 30.6 Å². The van der Waals surface area contributed by atoms with Gasteiger partial charge in [-0.2, -0.15) is 15.0 Å². The van der Waals surface area contributed by atoms with Crippen molar-refractivity contribution in [2.45, 2.75) is 0 Å². The summed E-state index contributed by atoms with van der Waals surface area (Å²) < 4.78 is 0. The minimum atomic E-state index is 0.582. The van der Waals surface area contributed by atoms with Crippen molar-refractivity contribution in [3.8, 4) is 5.69 Å². The molecule has 0 aliphatic heterocycles. The third-order valence-corrected chi connectivity index (χ3v) is 1.70. The lowest BCUT2D eigenvalue weighted by molar-refractivity contribution is 0.112. The zero-order chi connectivity index (χ0) is 9.10. The molecule has 0 amide bonds. The molecule has 64 valence electrons. The predicted octanol–water partition coefficient (Wildman–Crippen LogP) is 1.08. The highest BCUT2D eigenvalue weighted by Crippen LogP contribution is 2.08. The summed E-state index contributed by atoms with van der Waals surface area (Å²) in [5.41, 5.74) is 1.28.